The number of aliphatic imine (C=N–C) groups is 1. The summed E-state index contributed by atoms with van der Waals surface area (Å²) in [4.78, 5) is 17.2. The molecular weight excluding hydrogens is 521 g/mol. The van der Waals surface area contributed by atoms with Gasteiger partial charge in [0, 0.05) is 27.9 Å². The van der Waals surface area contributed by atoms with Gasteiger partial charge < -0.3 is 9.47 Å². The van der Waals surface area contributed by atoms with Crippen LogP contribution in [0.4, 0.5) is 5.82 Å². The summed E-state index contributed by atoms with van der Waals surface area (Å²) in [7, 11) is 1.51. The predicted octanol–water partition coefficient (Wildman–Crippen LogP) is 7.82. The van der Waals surface area contributed by atoms with Gasteiger partial charge in [0.1, 0.15) is 0 Å². The third-order valence-corrected chi connectivity index (χ3v) is 6.15. The van der Waals surface area contributed by atoms with E-state index in [9.17, 15) is 4.79 Å². The Labute approximate surface area is 229 Å². The lowest BCUT2D eigenvalue weighted by Crippen LogP contribution is -2.09. The topological polar surface area (TPSA) is 65.7 Å². The molecule has 188 valence electrons. The second kappa shape index (κ2) is 11.3. The number of benzene rings is 4. The first-order chi connectivity index (χ1) is 18.5. The third-order valence-electron chi connectivity index (χ3n) is 5.65. The maximum atomic E-state index is 12.5. The molecule has 0 aliphatic rings. The van der Waals surface area contributed by atoms with Crippen LogP contribution in [0.25, 0.3) is 16.9 Å². The summed E-state index contributed by atoms with van der Waals surface area (Å²) in [6.07, 6.45) is 1.70. The number of hydrogen-bond donors (Lipinski definition) is 0. The van der Waals surface area contributed by atoms with Gasteiger partial charge in [-0.2, -0.15) is 5.10 Å². The van der Waals surface area contributed by atoms with Gasteiger partial charge in [0.05, 0.1) is 24.1 Å². The SMILES string of the molecule is COc1cc(C=Nc2cc(-c3ccc(Cl)cc3)nn2-c2ccccc2)ccc1OC(=O)c1ccc(Cl)cc1. The molecule has 6 nitrogen and oxygen atoms in total. The smallest absolute Gasteiger partial charge is 0.343 e. The minimum Gasteiger partial charge on any atom is -0.493 e. The summed E-state index contributed by atoms with van der Waals surface area (Å²) in [6.45, 7) is 0. The molecule has 0 aliphatic carbocycles. The van der Waals surface area contributed by atoms with Crippen LogP contribution in [0.1, 0.15) is 15.9 Å². The fraction of sp³-hybridized carbons (Fsp3) is 0.0333. The molecule has 1 heterocycles. The van der Waals surface area contributed by atoms with E-state index in [1.807, 2.05) is 60.7 Å². The van der Waals surface area contributed by atoms with Gasteiger partial charge in [-0.1, -0.05) is 53.5 Å². The molecule has 8 heteroatoms. The van der Waals surface area contributed by atoms with Crippen LogP contribution in [0, 0.1) is 0 Å². The molecule has 0 fully saturated rings. The quantitative estimate of drug-likeness (QED) is 0.119. The largest absolute Gasteiger partial charge is 0.493 e. The molecule has 0 spiro atoms. The molecule has 0 saturated carbocycles. The summed E-state index contributed by atoms with van der Waals surface area (Å²) in [5.74, 6) is 0.819. The summed E-state index contributed by atoms with van der Waals surface area (Å²) in [6, 6.07) is 30.8. The monoisotopic (exact) mass is 541 g/mol. The highest BCUT2D eigenvalue weighted by molar-refractivity contribution is 6.30. The molecule has 0 bridgehead atoms. The highest BCUT2D eigenvalue weighted by Gasteiger charge is 2.14. The Balaban J connectivity index is 1.43. The second-order valence-electron chi connectivity index (χ2n) is 8.21. The van der Waals surface area contributed by atoms with Crippen LogP contribution in [0.3, 0.4) is 0 Å². The van der Waals surface area contributed by atoms with Crippen molar-refractivity contribution >= 4 is 41.2 Å². The molecule has 4 aromatic carbocycles. The lowest BCUT2D eigenvalue weighted by atomic mass is 10.1. The van der Waals surface area contributed by atoms with Crippen LogP contribution in [0.15, 0.2) is 108 Å². The van der Waals surface area contributed by atoms with Crippen molar-refractivity contribution in [2.75, 3.05) is 7.11 Å². The van der Waals surface area contributed by atoms with Gasteiger partial charge >= 0.3 is 5.97 Å². The Morgan fingerprint density at radius 2 is 1.53 bits per heavy atom. The number of carbonyl (C=O) groups is 1. The van der Waals surface area contributed by atoms with Crippen LogP contribution in [0.5, 0.6) is 11.5 Å². The van der Waals surface area contributed by atoms with E-state index >= 15 is 0 Å². The number of rotatable bonds is 7. The summed E-state index contributed by atoms with van der Waals surface area (Å²) in [5.41, 5.74) is 3.70. The van der Waals surface area contributed by atoms with Gasteiger partial charge in [-0.05, 0) is 72.3 Å². The number of halogens is 2. The first kappa shape index (κ1) is 25.3. The van der Waals surface area contributed by atoms with E-state index in [2.05, 4.69) is 0 Å². The van der Waals surface area contributed by atoms with E-state index in [0.29, 0.717) is 32.9 Å². The minimum absolute atomic E-state index is 0.295. The Kier molecular flexibility index (Phi) is 7.54. The van der Waals surface area contributed by atoms with Crippen LogP contribution in [0.2, 0.25) is 10.0 Å². The molecule has 0 N–H and O–H groups in total. The molecule has 1 aromatic heterocycles. The number of esters is 1. The summed E-state index contributed by atoms with van der Waals surface area (Å²) < 4.78 is 12.8. The molecule has 0 amide bonds. The van der Waals surface area contributed by atoms with E-state index in [4.69, 9.17) is 42.8 Å². The van der Waals surface area contributed by atoms with Crippen molar-refractivity contribution in [2.24, 2.45) is 4.99 Å². The van der Waals surface area contributed by atoms with E-state index in [0.717, 1.165) is 22.5 Å². The van der Waals surface area contributed by atoms with Crippen LogP contribution in [-0.4, -0.2) is 29.1 Å². The molecule has 5 rings (SSSR count). The molecular formula is C30H21Cl2N3O3. The standard InChI is InChI=1S/C30H21Cl2N3O3/c1-37-28-17-20(7-16-27(28)38-30(36)22-10-14-24(32)15-11-22)19-33-29-18-26(21-8-12-23(31)13-9-21)34-35(29)25-5-3-2-4-6-25/h2-19H,1H3. The van der Waals surface area contributed by atoms with Crippen molar-refractivity contribution in [3.8, 4) is 28.4 Å². The molecule has 0 unspecified atom stereocenters. The first-order valence-electron chi connectivity index (χ1n) is 11.6. The molecule has 0 radical (unpaired) electrons. The number of carbonyl (C=O) groups excluding carboxylic acids is 1. The van der Waals surface area contributed by atoms with E-state index in [-0.39, 0.29) is 0 Å². The van der Waals surface area contributed by atoms with Crippen molar-refractivity contribution in [1.82, 2.24) is 9.78 Å². The van der Waals surface area contributed by atoms with Gasteiger partial charge in [0.15, 0.2) is 17.3 Å². The zero-order valence-electron chi connectivity index (χ0n) is 20.2. The average molecular weight is 542 g/mol. The molecule has 38 heavy (non-hydrogen) atoms. The fourth-order valence-corrected chi connectivity index (χ4v) is 3.97. The summed E-state index contributed by atoms with van der Waals surface area (Å²) >= 11 is 12.0. The van der Waals surface area contributed by atoms with Gasteiger partial charge in [-0.15, -0.1) is 0 Å². The zero-order valence-corrected chi connectivity index (χ0v) is 21.7. The van der Waals surface area contributed by atoms with Crippen molar-refractivity contribution in [3.63, 3.8) is 0 Å². The first-order valence-corrected chi connectivity index (χ1v) is 12.4. The second-order valence-corrected chi connectivity index (χ2v) is 9.08. The lowest BCUT2D eigenvalue weighted by molar-refractivity contribution is 0.0729. The van der Waals surface area contributed by atoms with E-state index < -0.39 is 5.97 Å². The van der Waals surface area contributed by atoms with Crippen molar-refractivity contribution < 1.29 is 14.3 Å². The van der Waals surface area contributed by atoms with Crippen LogP contribution >= 0.6 is 23.2 Å². The van der Waals surface area contributed by atoms with Gasteiger partial charge in [0.2, 0.25) is 0 Å². The average Bonchev–Trinajstić information content (AvgIpc) is 3.38. The Morgan fingerprint density at radius 3 is 2.21 bits per heavy atom. The number of para-hydroxylation sites is 1. The minimum atomic E-state index is -0.511. The van der Waals surface area contributed by atoms with Crippen molar-refractivity contribution in [2.45, 2.75) is 0 Å². The number of methoxy groups -OCH3 is 1. The Morgan fingerprint density at radius 1 is 0.842 bits per heavy atom. The Hall–Kier alpha value is -4.39. The normalized spacial score (nSPS) is 11.0. The molecule has 0 aliphatic heterocycles. The van der Waals surface area contributed by atoms with Gasteiger partial charge in [0.25, 0.3) is 0 Å². The molecule has 0 saturated heterocycles. The van der Waals surface area contributed by atoms with Crippen LogP contribution < -0.4 is 9.47 Å². The van der Waals surface area contributed by atoms with E-state index in [1.165, 1.54) is 7.11 Å². The zero-order chi connectivity index (χ0) is 26.5. The molecule has 0 atom stereocenters. The number of hydrogen-bond acceptors (Lipinski definition) is 5. The predicted molar refractivity (Wildman–Crippen MR) is 151 cm³/mol. The lowest BCUT2D eigenvalue weighted by Gasteiger charge is -2.10. The Bertz CT molecular complexity index is 1600. The highest BCUT2D eigenvalue weighted by Crippen LogP contribution is 2.30. The fourth-order valence-electron chi connectivity index (χ4n) is 3.72. The van der Waals surface area contributed by atoms with Crippen molar-refractivity contribution in [1.29, 1.82) is 0 Å². The van der Waals surface area contributed by atoms with Crippen LogP contribution in [-0.2, 0) is 0 Å². The van der Waals surface area contributed by atoms with Gasteiger partial charge in [-0.25, -0.2) is 14.5 Å². The maximum Gasteiger partial charge on any atom is 0.343 e. The van der Waals surface area contributed by atoms with Crippen molar-refractivity contribution in [3.05, 3.63) is 124 Å². The van der Waals surface area contributed by atoms with Gasteiger partial charge in [-0.3, -0.25) is 0 Å². The molecule has 5 aromatic rings. The number of aromatic nitrogens is 2. The summed E-state index contributed by atoms with van der Waals surface area (Å²) in [5, 5.41) is 5.97. The third kappa shape index (κ3) is 5.78. The maximum absolute atomic E-state index is 12.5. The van der Waals surface area contributed by atoms with E-state index in [1.54, 1.807) is 53.4 Å². The number of nitrogens with zero attached hydrogens (tertiary/aromatic N) is 3. The highest BCUT2D eigenvalue weighted by atomic mass is 35.5. The number of ether oxygens (including phenoxy) is 2.